The number of fused-ring (bicyclic) bond motifs is 3. The maximum absolute atomic E-state index is 9.80. The molecular weight excluding hydrogens is 214 g/mol. The van der Waals surface area contributed by atoms with Crippen LogP contribution in [0.15, 0.2) is 12.3 Å². The Kier molecular flexibility index (Phi) is 2.00. The fourth-order valence-corrected chi connectivity index (χ4v) is 2.04. The average Bonchev–Trinajstić information content (AvgIpc) is 2.75. The lowest BCUT2D eigenvalue weighted by Gasteiger charge is -2.14. The van der Waals surface area contributed by atoms with Gasteiger partial charge in [-0.25, -0.2) is 0 Å². The molecule has 2 aliphatic rings. The molecule has 1 fully saturated rings. The van der Waals surface area contributed by atoms with Crippen LogP contribution < -0.4 is 10.2 Å². The van der Waals surface area contributed by atoms with Crippen LogP contribution in [0.5, 0.6) is 6.01 Å². The van der Waals surface area contributed by atoms with Crippen molar-refractivity contribution in [1.82, 2.24) is 9.55 Å². The van der Waals surface area contributed by atoms with E-state index in [9.17, 15) is 5.11 Å². The molecule has 3 rings (SSSR count). The number of hydrogen-bond donors (Lipinski definition) is 3. The first-order valence-corrected chi connectivity index (χ1v) is 4.95. The fourth-order valence-electron chi connectivity index (χ4n) is 2.04. The molecule has 1 aromatic heterocycles. The van der Waals surface area contributed by atoms with Gasteiger partial charge >= 0.3 is 6.01 Å². The molecule has 1 aromatic rings. The Morgan fingerprint density at radius 3 is 3.12 bits per heavy atom. The molecule has 1 saturated heterocycles. The van der Waals surface area contributed by atoms with E-state index >= 15 is 0 Å². The van der Waals surface area contributed by atoms with Crippen LogP contribution in [0.25, 0.3) is 0 Å². The van der Waals surface area contributed by atoms with Gasteiger partial charge < -0.3 is 19.7 Å². The molecule has 0 bridgehead atoms. The summed E-state index contributed by atoms with van der Waals surface area (Å²) >= 11 is 0. The molecule has 86 valence electrons. The predicted octanol–water partition coefficient (Wildman–Crippen LogP) is -1.63. The van der Waals surface area contributed by atoms with Crippen molar-refractivity contribution < 1.29 is 19.7 Å². The average molecular weight is 225 g/mol. The third kappa shape index (κ3) is 1.19. The summed E-state index contributed by atoms with van der Waals surface area (Å²) in [5, 5.41) is 26.1. The standard InChI is InChI=1S/C9H11N3O4/c10-5-1-2-12-8-7(16-9(12)11-5)6(14)4(3-13)15-8/h1-2,4,6-8,10,13-14H,3H2/t4?,6?,7-,8-/m1/s1. The van der Waals surface area contributed by atoms with Crippen molar-refractivity contribution in [2.75, 3.05) is 6.61 Å². The van der Waals surface area contributed by atoms with Crippen molar-refractivity contribution in [3.05, 3.63) is 17.8 Å². The van der Waals surface area contributed by atoms with Gasteiger partial charge in [0.25, 0.3) is 0 Å². The first kappa shape index (κ1) is 9.76. The van der Waals surface area contributed by atoms with Gasteiger partial charge in [-0.15, -0.1) is 0 Å². The van der Waals surface area contributed by atoms with Crippen LogP contribution in [0.4, 0.5) is 0 Å². The number of aliphatic hydroxyl groups excluding tert-OH is 2. The number of rotatable bonds is 1. The molecule has 3 N–H and O–H groups in total. The second kappa shape index (κ2) is 3.27. The Balaban J connectivity index is 1.99. The molecule has 7 heteroatoms. The van der Waals surface area contributed by atoms with E-state index in [1.54, 1.807) is 10.8 Å². The monoisotopic (exact) mass is 225 g/mol. The van der Waals surface area contributed by atoms with Gasteiger partial charge in [-0.1, -0.05) is 0 Å². The molecule has 2 aliphatic heterocycles. The number of aliphatic hydroxyl groups is 2. The Hall–Kier alpha value is -1.44. The summed E-state index contributed by atoms with van der Waals surface area (Å²) in [6.45, 7) is -0.253. The zero-order valence-electron chi connectivity index (χ0n) is 8.28. The van der Waals surface area contributed by atoms with E-state index in [0.29, 0.717) is 0 Å². The van der Waals surface area contributed by atoms with Crippen LogP contribution >= 0.6 is 0 Å². The van der Waals surface area contributed by atoms with Gasteiger partial charge in [0.1, 0.15) is 12.2 Å². The van der Waals surface area contributed by atoms with E-state index in [4.69, 9.17) is 20.0 Å². The molecule has 0 saturated carbocycles. The minimum Gasteiger partial charge on any atom is -0.454 e. The highest BCUT2D eigenvalue weighted by atomic mass is 16.6. The first-order chi connectivity index (χ1) is 7.70. The molecule has 0 amide bonds. The summed E-state index contributed by atoms with van der Waals surface area (Å²) < 4.78 is 12.5. The van der Waals surface area contributed by atoms with Crippen LogP contribution in [0.2, 0.25) is 0 Å². The van der Waals surface area contributed by atoms with Gasteiger partial charge in [0, 0.05) is 6.20 Å². The fraction of sp³-hybridized carbons (Fsp3) is 0.556. The van der Waals surface area contributed by atoms with Gasteiger partial charge in [0.05, 0.1) is 6.61 Å². The maximum atomic E-state index is 9.80. The van der Waals surface area contributed by atoms with Crippen molar-refractivity contribution >= 4 is 0 Å². The summed E-state index contributed by atoms with van der Waals surface area (Å²) in [6.07, 6.45) is -0.930. The summed E-state index contributed by atoms with van der Waals surface area (Å²) in [4.78, 5) is 3.88. The molecule has 4 atom stereocenters. The van der Waals surface area contributed by atoms with Crippen molar-refractivity contribution in [2.24, 2.45) is 0 Å². The lowest BCUT2D eigenvalue weighted by Crippen LogP contribution is -2.34. The summed E-state index contributed by atoms with van der Waals surface area (Å²) in [7, 11) is 0. The highest BCUT2D eigenvalue weighted by Crippen LogP contribution is 2.38. The predicted molar refractivity (Wildman–Crippen MR) is 49.5 cm³/mol. The van der Waals surface area contributed by atoms with Crippen molar-refractivity contribution in [3.8, 4) is 6.01 Å². The zero-order valence-corrected chi connectivity index (χ0v) is 8.28. The second-order valence-corrected chi connectivity index (χ2v) is 3.82. The lowest BCUT2D eigenvalue weighted by molar-refractivity contribution is -0.0434. The van der Waals surface area contributed by atoms with Crippen LogP contribution in [0, 0.1) is 5.41 Å². The summed E-state index contributed by atoms with van der Waals surface area (Å²) in [6, 6.07) is 1.77. The highest BCUT2D eigenvalue weighted by molar-refractivity contribution is 5.10. The quantitative estimate of drug-likeness (QED) is 0.533. The molecule has 0 aliphatic carbocycles. The van der Waals surface area contributed by atoms with Crippen LogP contribution in [0.1, 0.15) is 6.23 Å². The van der Waals surface area contributed by atoms with Crippen LogP contribution in [-0.2, 0) is 4.74 Å². The summed E-state index contributed by atoms with van der Waals surface area (Å²) in [5.41, 5.74) is 0.0967. The number of ether oxygens (including phenoxy) is 2. The molecule has 7 nitrogen and oxygen atoms in total. The minimum absolute atomic E-state index is 0.0967. The Morgan fingerprint density at radius 2 is 2.38 bits per heavy atom. The zero-order chi connectivity index (χ0) is 11.3. The van der Waals surface area contributed by atoms with Gasteiger partial charge in [-0.05, 0) is 6.07 Å². The van der Waals surface area contributed by atoms with E-state index < -0.39 is 24.5 Å². The van der Waals surface area contributed by atoms with Crippen molar-refractivity contribution in [2.45, 2.75) is 24.5 Å². The molecule has 3 heterocycles. The van der Waals surface area contributed by atoms with Crippen molar-refractivity contribution in [1.29, 1.82) is 5.41 Å². The van der Waals surface area contributed by atoms with E-state index in [2.05, 4.69) is 4.98 Å². The molecule has 2 unspecified atom stereocenters. The van der Waals surface area contributed by atoms with E-state index in [-0.39, 0.29) is 18.1 Å². The molecule has 0 radical (unpaired) electrons. The topological polar surface area (TPSA) is 101 Å². The third-order valence-corrected chi connectivity index (χ3v) is 2.84. The molecular formula is C9H11N3O4. The highest BCUT2D eigenvalue weighted by Gasteiger charge is 2.50. The van der Waals surface area contributed by atoms with Gasteiger partial charge in [-0.2, -0.15) is 4.98 Å². The van der Waals surface area contributed by atoms with Crippen molar-refractivity contribution in [3.63, 3.8) is 0 Å². The lowest BCUT2D eigenvalue weighted by atomic mass is 10.1. The maximum Gasteiger partial charge on any atom is 0.301 e. The summed E-state index contributed by atoms with van der Waals surface area (Å²) in [5.74, 6) is 0. The van der Waals surface area contributed by atoms with Crippen LogP contribution in [0.3, 0.4) is 0 Å². The van der Waals surface area contributed by atoms with E-state index in [0.717, 1.165) is 0 Å². The number of aromatic nitrogens is 2. The van der Waals surface area contributed by atoms with Gasteiger partial charge in [0.2, 0.25) is 0 Å². The number of nitrogens with one attached hydrogen (secondary N) is 1. The SMILES string of the molecule is N=c1ccn2c(n1)O[C@@H]1C(O)C(CO)O[C@H]12. The first-order valence-electron chi connectivity index (χ1n) is 4.95. The third-order valence-electron chi connectivity index (χ3n) is 2.84. The van der Waals surface area contributed by atoms with Gasteiger partial charge in [-0.3, -0.25) is 9.98 Å². The number of nitrogens with zero attached hydrogens (tertiary/aromatic N) is 2. The van der Waals surface area contributed by atoms with Gasteiger partial charge in [0.15, 0.2) is 17.8 Å². The number of hydrogen-bond acceptors (Lipinski definition) is 6. The molecule has 0 aromatic carbocycles. The normalized spacial score (nSPS) is 35.6. The minimum atomic E-state index is -0.883. The molecule has 16 heavy (non-hydrogen) atoms. The smallest absolute Gasteiger partial charge is 0.301 e. The van der Waals surface area contributed by atoms with Crippen LogP contribution in [-0.4, -0.2) is 44.7 Å². The second-order valence-electron chi connectivity index (χ2n) is 3.82. The Morgan fingerprint density at radius 1 is 1.56 bits per heavy atom. The van der Waals surface area contributed by atoms with E-state index in [1.165, 1.54) is 6.07 Å². The molecule has 0 spiro atoms. The Labute approximate surface area is 90.4 Å². The largest absolute Gasteiger partial charge is 0.454 e. The van der Waals surface area contributed by atoms with E-state index in [1.807, 2.05) is 0 Å². The Bertz CT molecular complexity index is 474.